The summed E-state index contributed by atoms with van der Waals surface area (Å²) in [4.78, 5) is 22.5. The summed E-state index contributed by atoms with van der Waals surface area (Å²) in [5.41, 5.74) is 2.02. The number of hydrogen-bond acceptors (Lipinski definition) is 7. The number of non-ortho nitro benzene ring substituents is 1. The average Bonchev–Trinajstić information content (AvgIpc) is 3.11. The van der Waals surface area contributed by atoms with Gasteiger partial charge in [0.1, 0.15) is 0 Å². The first kappa shape index (κ1) is 19.8. The number of nitrogens with zero attached hydrogens (tertiary/aromatic N) is 3. The highest BCUT2D eigenvalue weighted by Crippen LogP contribution is 2.23. The van der Waals surface area contributed by atoms with Gasteiger partial charge in [-0.1, -0.05) is 41.6 Å². The van der Waals surface area contributed by atoms with Crippen LogP contribution in [0.1, 0.15) is 17.0 Å². The van der Waals surface area contributed by atoms with Gasteiger partial charge in [-0.15, -0.1) is 10.2 Å². The molecule has 1 heterocycles. The number of nitro benzene ring substituents is 1. The van der Waals surface area contributed by atoms with Gasteiger partial charge in [0.25, 0.3) is 10.9 Å². The second kappa shape index (κ2) is 8.85. The third kappa shape index (κ3) is 5.30. The number of amides is 1. The fraction of sp³-hybridized carbons (Fsp3) is 0.167. The number of thioether (sulfide) groups is 1. The van der Waals surface area contributed by atoms with Crippen molar-refractivity contribution in [2.24, 2.45) is 0 Å². The molecule has 0 unspecified atom stereocenters. The van der Waals surface area contributed by atoms with Crippen LogP contribution in [-0.2, 0) is 11.2 Å². The van der Waals surface area contributed by atoms with Gasteiger partial charge in [0.05, 0.1) is 22.8 Å². The van der Waals surface area contributed by atoms with E-state index in [1.165, 1.54) is 12.1 Å². The van der Waals surface area contributed by atoms with Crippen LogP contribution in [0.2, 0.25) is 5.02 Å². The van der Waals surface area contributed by atoms with Crippen LogP contribution in [0, 0.1) is 17.0 Å². The van der Waals surface area contributed by atoms with Crippen LogP contribution in [0.3, 0.4) is 0 Å². The number of carbonyl (C=O) groups is 1. The van der Waals surface area contributed by atoms with Crippen LogP contribution in [-0.4, -0.2) is 26.8 Å². The van der Waals surface area contributed by atoms with Crippen molar-refractivity contribution in [1.82, 2.24) is 10.2 Å². The maximum atomic E-state index is 12.1. The molecule has 0 spiro atoms. The number of aromatic nitrogens is 2. The Morgan fingerprint density at radius 2 is 2.00 bits per heavy atom. The van der Waals surface area contributed by atoms with E-state index >= 15 is 0 Å². The molecule has 0 aliphatic heterocycles. The minimum atomic E-state index is -0.509. The number of hydrogen-bond donors (Lipinski definition) is 1. The fourth-order valence-corrected chi connectivity index (χ4v) is 3.02. The standard InChI is InChI=1S/C18H15ClN4O4S/c1-11-2-7-14(23(25)26)9-15(11)20-16(24)10-28-18-22-21-17(27-18)8-12-3-5-13(19)6-4-12/h2-7,9H,8,10H2,1H3,(H,20,24). The highest BCUT2D eigenvalue weighted by molar-refractivity contribution is 7.99. The Bertz CT molecular complexity index is 1010. The van der Waals surface area contributed by atoms with Gasteiger partial charge in [-0.2, -0.15) is 0 Å². The van der Waals surface area contributed by atoms with Gasteiger partial charge in [-0.25, -0.2) is 0 Å². The van der Waals surface area contributed by atoms with Crippen molar-refractivity contribution >= 4 is 40.6 Å². The molecule has 28 heavy (non-hydrogen) atoms. The molecule has 8 nitrogen and oxygen atoms in total. The largest absolute Gasteiger partial charge is 0.416 e. The topological polar surface area (TPSA) is 111 Å². The van der Waals surface area contributed by atoms with Gasteiger partial charge in [0, 0.05) is 17.2 Å². The number of nitrogens with one attached hydrogen (secondary N) is 1. The second-order valence-corrected chi connectivity index (χ2v) is 7.22. The minimum absolute atomic E-state index is 0.0325. The molecular weight excluding hydrogens is 404 g/mol. The van der Waals surface area contributed by atoms with Crippen molar-refractivity contribution in [3.05, 3.63) is 74.6 Å². The summed E-state index contributed by atoms with van der Waals surface area (Å²) in [6.45, 7) is 1.76. The average molecular weight is 419 g/mol. The zero-order valence-corrected chi connectivity index (χ0v) is 16.3. The first-order valence-electron chi connectivity index (χ1n) is 8.15. The Labute approximate surface area is 169 Å². The number of halogens is 1. The number of nitro groups is 1. The maximum Gasteiger partial charge on any atom is 0.277 e. The van der Waals surface area contributed by atoms with Gasteiger partial charge in [-0.3, -0.25) is 14.9 Å². The van der Waals surface area contributed by atoms with E-state index in [0.717, 1.165) is 22.9 Å². The Balaban J connectivity index is 1.55. The third-order valence-corrected chi connectivity index (χ3v) is 4.82. The van der Waals surface area contributed by atoms with Crippen LogP contribution in [0.25, 0.3) is 0 Å². The van der Waals surface area contributed by atoms with Gasteiger partial charge in [0.2, 0.25) is 11.8 Å². The SMILES string of the molecule is Cc1ccc([N+](=O)[O-])cc1NC(=O)CSc1nnc(Cc2ccc(Cl)cc2)o1. The molecule has 1 N–H and O–H groups in total. The molecule has 3 rings (SSSR count). The quantitative estimate of drug-likeness (QED) is 0.346. The van der Waals surface area contributed by atoms with E-state index < -0.39 is 4.92 Å². The lowest BCUT2D eigenvalue weighted by Gasteiger charge is -2.07. The summed E-state index contributed by atoms with van der Waals surface area (Å²) in [5, 5.41) is 22.3. The van der Waals surface area contributed by atoms with Crippen LogP contribution in [0.5, 0.6) is 0 Å². The van der Waals surface area contributed by atoms with Crippen molar-refractivity contribution in [2.75, 3.05) is 11.1 Å². The molecule has 10 heteroatoms. The van der Waals surface area contributed by atoms with Crippen molar-refractivity contribution < 1.29 is 14.1 Å². The maximum absolute atomic E-state index is 12.1. The monoisotopic (exact) mass is 418 g/mol. The van der Waals surface area contributed by atoms with Gasteiger partial charge in [-0.05, 0) is 30.2 Å². The summed E-state index contributed by atoms with van der Waals surface area (Å²) in [6, 6.07) is 11.6. The highest BCUT2D eigenvalue weighted by atomic mass is 35.5. The molecule has 0 fully saturated rings. The first-order valence-corrected chi connectivity index (χ1v) is 9.51. The molecule has 1 aromatic heterocycles. The normalized spacial score (nSPS) is 10.6. The summed E-state index contributed by atoms with van der Waals surface area (Å²) >= 11 is 6.95. The second-order valence-electron chi connectivity index (χ2n) is 5.86. The summed E-state index contributed by atoms with van der Waals surface area (Å²) < 4.78 is 5.53. The number of anilines is 1. The molecule has 0 atom stereocenters. The lowest BCUT2D eigenvalue weighted by atomic mass is 10.1. The predicted molar refractivity (Wildman–Crippen MR) is 106 cm³/mol. The summed E-state index contributed by atoms with van der Waals surface area (Å²) in [5.74, 6) is 0.135. The highest BCUT2D eigenvalue weighted by Gasteiger charge is 2.13. The smallest absolute Gasteiger partial charge is 0.277 e. The van der Waals surface area contributed by atoms with E-state index in [4.69, 9.17) is 16.0 Å². The Morgan fingerprint density at radius 3 is 2.71 bits per heavy atom. The van der Waals surface area contributed by atoms with Crippen molar-refractivity contribution in [1.29, 1.82) is 0 Å². The molecular formula is C18H15ClN4O4S. The van der Waals surface area contributed by atoms with Gasteiger partial charge >= 0.3 is 0 Å². The van der Waals surface area contributed by atoms with Crippen molar-refractivity contribution in [3.8, 4) is 0 Å². The molecule has 1 amide bonds. The summed E-state index contributed by atoms with van der Waals surface area (Å²) in [7, 11) is 0. The molecule has 3 aromatic rings. The fourth-order valence-electron chi connectivity index (χ4n) is 2.32. The molecule has 0 saturated heterocycles. The molecule has 0 aliphatic carbocycles. The van der Waals surface area contributed by atoms with Crippen molar-refractivity contribution in [3.63, 3.8) is 0 Å². The lowest BCUT2D eigenvalue weighted by molar-refractivity contribution is -0.384. The van der Waals surface area contributed by atoms with Crippen LogP contribution in [0.15, 0.2) is 52.1 Å². The zero-order valence-electron chi connectivity index (χ0n) is 14.7. The predicted octanol–water partition coefficient (Wildman–Crippen LogP) is 4.26. The van der Waals surface area contributed by atoms with Crippen LogP contribution < -0.4 is 5.32 Å². The van der Waals surface area contributed by atoms with E-state index in [2.05, 4.69) is 15.5 Å². The number of aryl methyl sites for hydroxylation is 1. The Kier molecular flexibility index (Phi) is 6.27. The lowest BCUT2D eigenvalue weighted by Crippen LogP contribution is -2.15. The van der Waals surface area contributed by atoms with E-state index in [0.29, 0.717) is 23.0 Å². The zero-order chi connectivity index (χ0) is 20.1. The molecule has 0 saturated carbocycles. The Hall–Kier alpha value is -2.91. The summed E-state index contributed by atoms with van der Waals surface area (Å²) in [6.07, 6.45) is 0.462. The Morgan fingerprint density at radius 1 is 1.25 bits per heavy atom. The number of rotatable bonds is 7. The van der Waals surface area contributed by atoms with E-state index in [-0.39, 0.29) is 22.6 Å². The van der Waals surface area contributed by atoms with Crippen LogP contribution >= 0.6 is 23.4 Å². The minimum Gasteiger partial charge on any atom is -0.416 e. The van der Waals surface area contributed by atoms with Gasteiger partial charge < -0.3 is 9.73 Å². The molecule has 2 aromatic carbocycles. The van der Waals surface area contributed by atoms with E-state index in [1.54, 1.807) is 25.1 Å². The number of benzene rings is 2. The molecule has 0 aliphatic rings. The number of carbonyl (C=O) groups excluding carboxylic acids is 1. The van der Waals surface area contributed by atoms with E-state index in [9.17, 15) is 14.9 Å². The molecule has 0 radical (unpaired) electrons. The van der Waals surface area contributed by atoms with Crippen LogP contribution in [0.4, 0.5) is 11.4 Å². The first-order chi connectivity index (χ1) is 13.4. The molecule has 144 valence electrons. The van der Waals surface area contributed by atoms with Gasteiger partial charge in [0.15, 0.2) is 0 Å². The van der Waals surface area contributed by atoms with E-state index in [1.807, 2.05) is 12.1 Å². The van der Waals surface area contributed by atoms with Crippen molar-refractivity contribution in [2.45, 2.75) is 18.6 Å². The molecule has 0 bridgehead atoms. The third-order valence-electron chi connectivity index (χ3n) is 3.75.